The SMILES string of the molecule is CCc1cc2cc3c(cc2nc1SCC(=O)Nc1ccc(C)cc1C)OCO3. The number of carbonyl (C=O) groups is 1. The first-order chi connectivity index (χ1) is 13.5. The molecule has 2 heterocycles. The van der Waals surface area contributed by atoms with Gasteiger partial charge in [-0.25, -0.2) is 4.98 Å². The minimum atomic E-state index is -0.0356. The molecule has 0 saturated carbocycles. The van der Waals surface area contributed by atoms with Crippen LogP contribution >= 0.6 is 11.8 Å². The number of benzene rings is 2. The average molecular weight is 394 g/mol. The Bertz CT molecular complexity index is 1070. The van der Waals surface area contributed by atoms with Gasteiger partial charge in [0.2, 0.25) is 12.7 Å². The third-order valence-corrected chi connectivity index (χ3v) is 5.76. The number of aryl methyl sites for hydroxylation is 3. The first-order valence-electron chi connectivity index (χ1n) is 9.26. The zero-order valence-corrected chi connectivity index (χ0v) is 17.0. The van der Waals surface area contributed by atoms with Gasteiger partial charge < -0.3 is 14.8 Å². The molecule has 0 atom stereocenters. The van der Waals surface area contributed by atoms with E-state index in [0.717, 1.165) is 44.9 Å². The Balaban J connectivity index is 1.52. The van der Waals surface area contributed by atoms with Crippen LogP contribution in [0, 0.1) is 13.8 Å². The van der Waals surface area contributed by atoms with Gasteiger partial charge in [0.15, 0.2) is 11.5 Å². The van der Waals surface area contributed by atoms with Crippen molar-refractivity contribution in [3.05, 3.63) is 53.1 Å². The standard InChI is InChI=1S/C22H22N2O3S/c1-4-15-8-16-9-19-20(27-12-26-19)10-18(16)24-22(15)28-11-21(25)23-17-6-5-13(2)7-14(17)3/h5-10H,4,11-12H2,1-3H3,(H,23,25). The van der Waals surface area contributed by atoms with Crippen molar-refractivity contribution in [2.24, 2.45) is 0 Å². The highest BCUT2D eigenvalue weighted by atomic mass is 32.2. The molecule has 0 unspecified atom stereocenters. The van der Waals surface area contributed by atoms with Gasteiger partial charge in [-0.05, 0) is 49.6 Å². The van der Waals surface area contributed by atoms with Crippen molar-refractivity contribution in [2.75, 3.05) is 17.9 Å². The summed E-state index contributed by atoms with van der Waals surface area (Å²) in [6.07, 6.45) is 0.846. The van der Waals surface area contributed by atoms with Crippen LogP contribution in [0.4, 0.5) is 5.69 Å². The highest BCUT2D eigenvalue weighted by Gasteiger charge is 2.17. The first-order valence-corrected chi connectivity index (χ1v) is 10.2. The normalized spacial score (nSPS) is 12.4. The van der Waals surface area contributed by atoms with Crippen molar-refractivity contribution < 1.29 is 14.3 Å². The number of thioether (sulfide) groups is 1. The number of ether oxygens (including phenoxy) is 2. The lowest BCUT2D eigenvalue weighted by atomic mass is 10.1. The predicted molar refractivity (Wildman–Crippen MR) is 113 cm³/mol. The Morgan fingerprint density at radius 3 is 2.68 bits per heavy atom. The predicted octanol–water partition coefficient (Wildman–Crippen LogP) is 4.87. The number of fused-ring (bicyclic) bond motifs is 2. The Hall–Kier alpha value is -2.73. The molecular weight excluding hydrogens is 372 g/mol. The number of carbonyl (C=O) groups excluding carboxylic acids is 1. The topological polar surface area (TPSA) is 60.5 Å². The number of rotatable bonds is 5. The lowest BCUT2D eigenvalue weighted by molar-refractivity contribution is -0.113. The molecule has 0 aliphatic carbocycles. The monoisotopic (exact) mass is 394 g/mol. The van der Waals surface area contributed by atoms with Crippen molar-refractivity contribution in [3.8, 4) is 11.5 Å². The van der Waals surface area contributed by atoms with Crippen LogP contribution in [0.1, 0.15) is 23.6 Å². The summed E-state index contributed by atoms with van der Waals surface area (Å²) in [4.78, 5) is 17.2. The minimum absolute atomic E-state index is 0.0356. The first kappa shape index (κ1) is 18.6. The molecule has 1 aromatic heterocycles. The molecule has 0 fully saturated rings. The van der Waals surface area contributed by atoms with Gasteiger partial charge >= 0.3 is 0 Å². The van der Waals surface area contributed by atoms with E-state index in [1.165, 1.54) is 17.3 Å². The minimum Gasteiger partial charge on any atom is -0.454 e. The van der Waals surface area contributed by atoms with Crippen LogP contribution in [0.5, 0.6) is 11.5 Å². The van der Waals surface area contributed by atoms with Crippen molar-refractivity contribution >= 4 is 34.3 Å². The van der Waals surface area contributed by atoms with Crippen LogP contribution in [0.3, 0.4) is 0 Å². The fourth-order valence-corrected chi connectivity index (χ4v) is 4.13. The summed E-state index contributed by atoms with van der Waals surface area (Å²) in [7, 11) is 0. The van der Waals surface area contributed by atoms with E-state index in [2.05, 4.69) is 24.4 Å². The lowest BCUT2D eigenvalue weighted by Gasteiger charge is -2.11. The number of amides is 1. The van der Waals surface area contributed by atoms with Gasteiger partial charge in [0.05, 0.1) is 11.3 Å². The summed E-state index contributed by atoms with van der Waals surface area (Å²) in [5, 5.41) is 4.89. The van der Waals surface area contributed by atoms with E-state index in [4.69, 9.17) is 14.5 Å². The fourth-order valence-electron chi connectivity index (χ4n) is 3.24. The van der Waals surface area contributed by atoms with Crippen LogP contribution < -0.4 is 14.8 Å². The maximum Gasteiger partial charge on any atom is 0.234 e. The van der Waals surface area contributed by atoms with E-state index in [1.807, 2.05) is 38.1 Å². The van der Waals surface area contributed by atoms with E-state index >= 15 is 0 Å². The molecule has 0 bridgehead atoms. The Labute approximate surface area is 168 Å². The molecule has 1 N–H and O–H groups in total. The Kier molecular flexibility index (Phi) is 5.13. The van der Waals surface area contributed by atoms with Crippen LogP contribution in [0.2, 0.25) is 0 Å². The zero-order chi connectivity index (χ0) is 19.7. The van der Waals surface area contributed by atoms with Gasteiger partial charge in [0.1, 0.15) is 5.03 Å². The maximum absolute atomic E-state index is 12.4. The number of anilines is 1. The van der Waals surface area contributed by atoms with Crippen molar-refractivity contribution in [3.63, 3.8) is 0 Å². The molecule has 28 heavy (non-hydrogen) atoms. The molecule has 1 amide bonds. The number of hydrogen-bond donors (Lipinski definition) is 1. The van der Waals surface area contributed by atoms with Crippen molar-refractivity contribution in [1.29, 1.82) is 0 Å². The highest BCUT2D eigenvalue weighted by Crippen LogP contribution is 2.37. The number of nitrogens with one attached hydrogen (secondary N) is 1. The molecule has 2 aromatic carbocycles. The van der Waals surface area contributed by atoms with E-state index in [0.29, 0.717) is 11.5 Å². The molecule has 144 valence electrons. The van der Waals surface area contributed by atoms with Crippen LogP contribution in [-0.4, -0.2) is 23.4 Å². The molecule has 0 spiro atoms. The smallest absolute Gasteiger partial charge is 0.234 e. The second-order valence-electron chi connectivity index (χ2n) is 6.86. The quantitative estimate of drug-likeness (QED) is 0.626. The van der Waals surface area contributed by atoms with Crippen LogP contribution in [0.25, 0.3) is 10.9 Å². The molecule has 1 aliphatic rings. The number of hydrogen-bond acceptors (Lipinski definition) is 5. The molecule has 4 rings (SSSR count). The van der Waals surface area contributed by atoms with Crippen molar-refractivity contribution in [2.45, 2.75) is 32.2 Å². The van der Waals surface area contributed by atoms with E-state index in [1.54, 1.807) is 0 Å². The second kappa shape index (κ2) is 7.72. The molecule has 1 aliphatic heterocycles. The van der Waals surface area contributed by atoms with Crippen molar-refractivity contribution in [1.82, 2.24) is 4.98 Å². The van der Waals surface area contributed by atoms with E-state index < -0.39 is 0 Å². The highest BCUT2D eigenvalue weighted by molar-refractivity contribution is 8.00. The zero-order valence-electron chi connectivity index (χ0n) is 16.2. The van der Waals surface area contributed by atoms with Crippen LogP contribution in [0.15, 0.2) is 41.4 Å². The van der Waals surface area contributed by atoms with Crippen LogP contribution in [-0.2, 0) is 11.2 Å². The number of pyridine rings is 1. The van der Waals surface area contributed by atoms with Gasteiger partial charge in [0, 0.05) is 17.1 Å². The second-order valence-corrected chi connectivity index (χ2v) is 7.82. The summed E-state index contributed by atoms with van der Waals surface area (Å²) in [6.45, 7) is 6.38. The third-order valence-electron chi connectivity index (χ3n) is 4.73. The van der Waals surface area contributed by atoms with Gasteiger partial charge in [0.25, 0.3) is 0 Å². The molecule has 5 nitrogen and oxygen atoms in total. The number of aromatic nitrogens is 1. The molecule has 3 aromatic rings. The van der Waals surface area contributed by atoms with Gasteiger partial charge in [-0.2, -0.15) is 0 Å². The maximum atomic E-state index is 12.4. The Morgan fingerprint density at radius 2 is 1.93 bits per heavy atom. The molecule has 6 heteroatoms. The lowest BCUT2D eigenvalue weighted by Crippen LogP contribution is -2.15. The number of nitrogens with zero attached hydrogens (tertiary/aromatic N) is 1. The summed E-state index contributed by atoms with van der Waals surface area (Å²) >= 11 is 1.46. The summed E-state index contributed by atoms with van der Waals surface area (Å²) in [5.74, 6) is 1.74. The van der Waals surface area contributed by atoms with Gasteiger partial charge in [-0.3, -0.25) is 4.79 Å². The largest absolute Gasteiger partial charge is 0.454 e. The molecule has 0 saturated heterocycles. The average Bonchev–Trinajstić information content (AvgIpc) is 3.13. The molecular formula is C22H22N2O3S. The fraction of sp³-hybridized carbons (Fsp3) is 0.273. The molecule has 0 radical (unpaired) electrons. The third kappa shape index (κ3) is 3.78. The van der Waals surface area contributed by atoms with E-state index in [-0.39, 0.29) is 12.7 Å². The van der Waals surface area contributed by atoms with Gasteiger partial charge in [-0.1, -0.05) is 36.4 Å². The summed E-state index contributed by atoms with van der Waals surface area (Å²) in [6, 6.07) is 12.0. The Morgan fingerprint density at radius 1 is 1.14 bits per heavy atom. The summed E-state index contributed by atoms with van der Waals surface area (Å²) < 4.78 is 10.9. The van der Waals surface area contributed by atoms with E-state index in [9.17, 15) is 4.79 Å². The summed E-state index contributed by atoms with van der Waals surface area (Å²) in [5.41, 5.74) is 5.06. The van der Waals surface area contributed by atoms with Gasteiger partial charge in [-0.15, -0.1) is 0 Å².